The van der Waals surface area contributed by atoms with Crippen LogP contribution in [0.25, 0.3) is 0 Å². The van der Waals surface area contributed by atoms with Crippen LogP contribution in [0.5, 0.6) is 11.5 Å². The minimum atomic E-state index is -3.84. The summed E-state index contributed by atoms with van der Waals surface area (Å²) in [5, 5.41) is 0. The predicted molar refractivity (Wildman–Crippen MR) is 167 cm³/mol. The van der Waals surface area contributed by atoms with Gasteiger partial charge in [0.25, 0.3) is 15.9 Å². The smallest absolute Gasteiger partial charge is 0.264 e. The number of rotatable bonds is 10. The Balaban J connectivity index is 1.04. The van der Waals surface area contributed by atoms with Crippen LogP contribution in [0.4, 0.5) is 11.4 Å². The Bertz CT molecular complexity index is 1590. The van der Waals surface area contributed by atoms with Gasteiger partial charge in [-0.15, -0.1) is 0 Å². The Hall–Kier alpha value is -3.89. The Morgan fingerprint density at radius 1 is 1.00 bits per heavy atom. The Morgan fingerprint density at radius 2 is 1.77 bits per heavy atom. The van der Waals surface area contributed by atoms with Gasteiger partial charge in [0, 0.05) is 55.8 Å². The molecule has 1 amide bonds. The minimum absolute atomic E-state index is 0.0653. The monoisotopic (exact) mass is 602 g/mol. The molecule has 0 bridgehead atoms. The van der Waals surface area contributed by atoms with Crippen LogP contribution in [0.2, 0.25) is 0 Å². The average Bonchev–Trinajstić information content (AvgIpc) is 3.00. The molecule has 1 saturated carbocycles. The van der Waals surface area contributed by atoms with E-state index < -0.39 is 10.0 Å². The summed E-state index contributed by atoms with van der Waals surface area (Å²) in [7, 11) is -2.15. The van der Waals surface area contributed by atoms with Crippen LogP contribution in [0.3, 0.4) is 0 Å². The lowest BCUT2D eigenvalue weighted by Crippen LogP contribution is -2.48. The highest BCUT2D eigenvalue weighted by molar-refractivity contribution is 7.92. The number of nitrogens with zero attached hydrogens (tertiary/aromatic N) is 3. The molecule has 3 aromatic rings. The maximum absolute atomic E-state index is 13.3. The SMILES string of the molecule is COc1c(CN2CCN(C(=O)c3ccc(NS(=O)(=O)c4cccc5c4N=CCC5)cc3)CC2)cccc1OCC1CCC1. The lowest BCUT2D eigenvalue weighted by Gasteiger charge is -2.35. The molecule has 1 aliphatic carbocycles. The number of sulfonamides is 1. The van der Waals surface area contributed by atoms with E-state index >= 15 is 0 Å². The first kappa shape index (κ1) is 29.2. The van der Waals surface area contributed by atoms with Crippen molar-refractivity contribution in [3.63, 3.8) is 0 Å². The molecule has 0 unspecified atom stereocenters. The van der Waals surface area contributed by atoms with E-state index in [2.05, 4.69) is 20.7 Å². The lowest BCUT2D eigenvalue weighted by molar-refractivity contribution is 0.0627. The summed E-state index contributed by atoms with van der Waals surface area (Å²) in [6.45, 7) is 4.14. The van der Waals surface area contributed by atoms with Crippen molar-refractivity contribution in [3.05, 3.63) is 77.4 Å². The van der Waals surface area contributed by atoms with E-state index in [-0.39, 0.29) is 10.8 Å². The molecular formula is C33H38N4O5S. The fourth-order valence-corrected chi connectivity index (χ4v) is 7.08. The molecule has 3 aromatic carbocycles. The molecule has 10 heteroatoms. The van der Waals surface area contributed by atoms with Crippen molar-refractivity contribution in [2.75, 3.05) is 44.6 Å². The van der Waals surface area contributed by atoms with Gasteiger partial charge in [-0.2, -0.15) is 0 Å². The molecule has 0 atom stereocenters. The number of aryl methyl sites for hydroxylation is 1. The largest absolute Gasteiger partial charge is 0.493 e. The minimum Gasteiger partial charge on any atom is -0.493 e. The first-order chi connectivity index (χ1) is 20.9. The number of ether oxygens (including phenoxy) is 2. The number of anilines is 1. The average molecular weight is 603 g/mol. The van der Waals surface area contributed by atoms with E-state index in [0.29, 0.717) is 35.9 Å². The summed E-state index contributed by atoms with van der Waals surface area (Å²) in [6, 6.07) is 17.9. The molecule has 2 heterocycles. The molecule has 0 aromatic heterocycles. The van der Waals surface area contributed by atoms with E-state index in [0.717, 1.165) is 61.7 Å². The Labute approximate surface area is 253 Å². The van der Waals surface area contributed by atoms with E-state index in [9.17, 15) is 13.2 Å². The van der Waals surface area contributed by atoms with E-state index in [1.165, 1.54) is 19.3 Å². The molecular weight excluding hydrogens is 564 g/mol. The van der Waals surface area contributed by atoms with Crippen molar-refractivity contribution in [2.45, 2.75) is 43.5 Å². The summed E-state index contributed by atoms with van der Waals surface area (Å²) in [6.07, 6.45) is 7.08. The topological polar surface area (TPSA) is 101 Å². The fraction of sp³-hybridized carbons (Fsp3) is 0.394. The molecule has 6 rings (SSSR count). The van der Waals surface area contributed by atoms with Gasteiger partial charge in [-0.3, -0.25) is 19.4 Å². The van der Waals surface area contributed by atoms with Crippen LogP contribution >= 0.6 is 0 Å². The fourth-order valence-electron chi connectivity index (χ4n) is 5.83. The van der Waals surface area contributed by atoms with Gasteiger partial charge in [0.15, 0.2) is 11.5 Å². The molecule has 2 aliphatic heterocycles. The highest BCUT2D eigenvalue weighted by atomic mass is 32.2. The first-order valence-electron chi connectivity index (χ1n) is 15.0. The van der Waals surface area contributed by atoms with Gasteiger partial charge in [0.05, 0.1) is 19.4 Å². The molecule has 1 saturated heterocycles. The number of nitrogens with one attached hydrogen (secondary N) is 1. The maximum atomic E-state index is 13.3. The van der Waals surface area contributed by atoms with Crippen molar-refractivity contribution in [1.82, 2.24) is 9.80 Å². The Kier molecular flexibility index (Phi) is 8.67. The molecule has 3 aliphatic rings. The number of benzene rings is 3. The lowest BCUT2D eigenvalue weighted by atomic mass is 9.86. The summed E-state index contributed by atoms with van der Waals surface area (Å²) in [4.78, 5) is 21.9. The standard InChI is InChI=1S/C33H38N4O5S/c1-41-32-27(9-3-11-29(32)42-23-24-6-2-7-24)22-36-18-20-37(21-19-36)33(38)26-13-15-28(16-14-26)35-43(39,40)30-12-4-8-25-10-5-17-34-31(25)30/h3-4,8-9,11-17,24,35H,2,5-7,10,18-23H2,1H3. The van der Waals surface area contributed by atoms with Crippen molar-refractivity contribution in [1.29, 1.82) is 0 Å². The van der Waals surface area contributed by atoms with Gasteiger partial charge in [-0.05, 0) is 73.6 Å². The number of amides is 1. The molecule has 43 heavy (non-hydrogen) atoms. The van der Waals surface area contributed by atoms with Crippen LogP contribution in [-0.4, -0.2) is 70.2 Å². The number of hydrogen-bond donors (Lipinski definition) is 1. The zero-order valence-corrected chi connectivity index (χ0v) is 25.3. The zero-order valence-electron chi connectivity index (χ0n) is 24.5. The Morgan fingerprint density at radius 3 is 2.49 bits per heavy atom. The predicted octanol–water partition coefficient (Wildman–Crippen LogP) is 5.28. The third kappa shape index (κ3) is 6.55. The molecule has 0 radical (unpaired) electrons. The van der Waals surface area contributed by atoms with Crippen LogP contribution in [0, 0.1) is 5.92 Å². The van der Waals surface area contributed by atoms with Crippen LogP contribution in [0.1, 0.15) is 47.2 Å². The van der Waals surface area contributed by atoms with Crippen LogP contribution in [0.15, 0.2) is 70.6 Å². The molecule has 1 N–H and O–H groups in total. The number of para-hydroxylation sites is 2. The second-order valence-corrected chi connectivity index (χ2v) is 13.1. The summed E-state index contributed by atoms with van der Waals surface area (Å²) >= 11 is 0. The van der Waals surface area contributed by atoms with Crippen molar-refractivity contribution >= 4 is 33.5 Å². The molecule has 9 nitrogen and oxygen atoms in total. The van der Waals surface area contributed by atoms with Crippen molar-refractivity contribution in [3.8, 4) is 11.5 Å². The molecule has 2 fully saturated rings. The van der Waals surface area contributed by atoms with Crippen LogP contribution < -0.4 is 14.2 Å². The van der Waals surface area contributed by atoms with Gasteiger partial charge >= 0.3 is 0 Å². The highest BCUT2D eigenvalue weighted by Gasteiger charge is 2.25. The summed E-state index contributed by atoms with van der Waals surface area (Å²) in [5.74, 6) is 2.16. The first-order valence-corrected chi connectivity index (χ1v) is 16.5. The zero-order chi connectivity index (χ0) is 29.8. The third-order valence-electron chi connectivity index (χ3n) is 8.54. The third-order valence-corrected chi connectivity index (χ3v) is 9.95. The van der Waals surface area contributed by atoms with Gasteiger partial charge in [0.1, 0.15) is 4.90 Å². The number of methoxy groups -OCH3 is 1. The number of hydrogen-bond acceptors (Lipinski definition) is 7. The maximum Gasteiger partial charge on any atom is 0.264 e. The highest BCUT2D eigenvalue weighted by Crippen LogP contribution is 2.35. The van der Waals surface area contributed by atoms with Gasteiger partial charge in [-0.25, -0.2) is 8.42 Å². The summed E-state index contributed by atoms with van der Waals surface area (Å²) < 4.78 is 40.8. The number of piperazine rings is 1. The van der Waals surface area contributed by atoms with Crippen molar-refractivity contribution < 1.29 is 22.7 Å². The second kappa shape index (κ2) is 12.8. The van der Waals surface area contributed by atoms with Crippen molar-refractivity contribution in [2.24, 2.45) is 10.9 Å². The van der Waals surface area contributed by atoms with E-state index in [4.69, 9.17) is 9.47 Å². The second-order valence-electron chi connectivity index (χ2n) is 11.4. The van der Waals surface area contributed by atoms with E-state index in [1.54, 1.807) is 49.7 Å². The number of carbonyl (C=O) groups excluding carboxylic acids is 1. The number of aliphatic imine (C=N–C) groups is 1. The summed E-state index contributed by atoms with van der Waals surface area (Å²) in [5.41, 5.74) is 3.42. The van der Waals surface area contributed by atoms with Crippen LogP contribution in [-0.2, 0) is 23.0 Å². The number of fused-ring (bicyclic) bond motifs is 1. The normalized spacial score (nSPS) is 17.2. The van der Waals surface area contributed by atoms with Gasteiger partial charge in [0.2, 0.25) is 0 Å². The quantitative estimate of drug-likeness (QED) is 0.339. The molecule has 226 valence electrons. The van der Waals surface area contributed by atoms with E-state index in [1.807, 2.05) is 23.1 Å². The van der Waals surface area contributed by atoms with Gasteiger partial charge < -0.3 is 14.4 Å². The van der Waals surface area contributed by atoms with Gasteiger partial charge in [-0.1, -0.05) is 30.7 Å². The number of carbonyl (C=O) groups is 1. The molecule has 0 spiro atoms.